The van der Waals surface area contributed by atoms with E-state index in [1.807, 2.05) is 12.3 Å². The molecule has 0 aliphatic carbocycles. The van der Waals surface area contributed by atoms with Crippen LogP contribution in [-0.2, 0) is 0 Å². The Morgan fingerprint density at radius 3 is 2.86 bits per heavy atom. The Hall–Kier alpha value is -1.62. The van der Waals surface area contributed by atoms with E-state index in [2.05, 4.69) is 0 Å². The minimum Gasteiger partial charge on any atom is -0.507 e. The molecule has 72 valence electrons. The van der Waals surface area contributed by atoms with Crippen LogP contribution in [0, 0.1) is 17.0 Å². The molecular formula is C9H7NO3S. The normalized spacial score (nSPS) is 10.6. The number of hydrogen-bond acceptors (Lipinski definition) is 4. The maximum atomic E-state index is 10.5. The molecule has 0 amide bonds. The number of nitro benzene ring substituents is 1. The van der Waals surface area contributed by atoms with Gasteiger partial charge >= 0.3 is 0 Å². The van der Waals surface area contributed by atoms with Crippen molar-refractivity contribution in [3.8, 4) is 5.75 Å². The molecule has 0 aliphatic rings. The minimum absolute atomic E-state index is 0.0204. The molecule has 1 aromatic carbocycles. The fourth-order valence-electron chi connectivity index (χ4n) is 1.39. The Kier molecular flexibility index (Phi) is 1.89. The number of aryl methyl sites for hydroxylation is 1. The molecule has 4 nitrogen and oxygen atoms in total. The summed E-state index contributed by atoms with van der Waals surface area (Å²) in [4.78, 5) is 10.00. The number of fused-ring (bicyclic) bond motifs is 1. The van der Waals surface area contributed by atoms with Gasteiger partial charge < -0.3 is 5.11 Å². The zero-order valence-corrected chi connectivity index (χ0v) is 8.17. The number of thiophene rings is 1. The molecule has 1 heterocycles. The van der Waals surface area contributed by atoms with Crippen molar-refractivity contribution in [2.75, 3.05) is 0 Å². The van der Waals surface area contributed by atoms with Crippen LogP contribution in [0.1, 0.15) is 5.56 Å². The maximum absolute atomic E-state index is 10.5. The molecule has 14 heavy (non-hydrogen) atoms. The van der Waals surface area contributed by atoms with Crippen LogP contribution in [0.5, 0.6) is 5.75 Å². The second kappa shape index (κ2) is 2.95. The van der Waals surface area contributed by atoms with Crippen LogP contribution in [-0.4, -0.2) is 10.0 Å². The van der Waals surface area contributed by atoms with Crippen molar-refractivity contribution in [3.05, 3.63) is 33.2 Å². The van der Waals surface area contributed by atoms with Gasteiger partial charge in [0.15, 0.2) is 0 Å². The molecule has 0 fully saturated rings. The van der Waals surface area contributed by atoms with Crippen LogP contribution < -0.4 is 0 Å². The highest BCUT2D eigenvalue weighted by molar-refractivity contribution is 7.17. The average molecular weight is 209 g/mol. The Balaban J connectivity index is 2.80. The van der Waals surface area contributed by atoms with Crippen molar-refractivity contribution in [3.63, 3.8) is 0 Å². The number of non-ortho nitro benzene ring substituents is 1. The standard InChI is InChI=1S/C9H7NO3S/c1-5-4-14-8-3-6(10(12)13)2-7(11)9(5)8/h2-4,11H,1H3. The molecule has 0 spiro atoms. The maximum Gasteiger partial charge on any atom is 0.274 e. The summed E-state index contributed by atoms with van der Waals surface area (Å²) in [7, 11) is 0. The summed E-state index contributed by atoms with van der Waals surface area (Å²) in [6.45, 7) is 1.87. The van der Waals surface area contributed by atoms with Crippen LogP contribution in [0.4, 0.5) is 5.69 Å². The Morgan fingerprint density at radius 2 is 2.21 bits per heavy atom. The van der Waals surface area contributed by atoms with E-state index in [-0.39, 0.29) is 11.4 Å². The zero-order chi connectivity index (χ0) is 10.3. The van der Waals surface area contributed by atoms with Crippen molar-refractivity contribution in [2.45, 2.75) is 6.92 Å². The smallest absolute Gasteiger partial charge is 0.274 e. The van der Waals surface area contributed by atoms with Crippen LogP contribution in [0.25, 0.3) is 10.1 Å². The Labute approximate surface area is 83.6 Å². The molecule has 0 aliphatic heterocycles. The van der Waals surface area contributed by atoms with Crippen molar-refractivity contribution in [1.82, 2.24) is 0 Å². The predicted octanol–water partition coefficient (Wildman–Crippen LogP) is 2.82. The van der Waals surface area contributed by atoms with Gasteiger partial charge in [-0.25, -0.2) is 0 Å². The molecule has 0 atom stereocenters. The SMILES string of the molecule is Cc1csc2cc([N+](=O)[O-])cc(O)c12. The van der Waals surface area contributed by atoms with E-state index in [4.69, 9.17) is 0 Å². The first-order chi connectivity index (χ1) is 6.59. The first-order valence-corrected chi connectivity index (χ1v) is 4.83. The van der Waals surface area contributed by atoms with Crippen LogP contribution in [0.3, 0.4) is 0 Å². The molecule has 1 N–H and O–H groups in total. The summed E-state index contributed by atoms with van der Waals surface area (Å²) in [6, 6.07) is 2.66. The van der Waals surface area contributed by atoms with E-state index in [9.17, 15) is 15.2 Å². The topological polar surface area (TPSA) is 63.4 Å². The number of phenolic OH excluding ortho intramolecular Hbond substituents is 1. The van der Waals surface area contributed by atoms with Crippen LogP contribution in [0.15, 0.2) is 17.5 Å². The van der Waals surface area contributed by atoms with Gasteiger partial charge in [0, 0.05) is 16.2 Å². The lowest BCUT2D eigenvalue weighted by Crippen LogP contribution is -1.86. The first-order valence-electron chi connectivity index (χ1n) is 3.95. The first kappa shape index (κ1) is 8.96. The monoisotopic (exact) mass is 209 g/mol. The summed E-state index contributed by atoms with van der Waals surface area (Å²) < 4.78 is 0.745. The van der Waals surface area contributed by atoms with Gasteiger partial charge in [0.1, 0.15) is 5.75 Å². The van der Waals surface area contributed by atoms with E-state index in [0.717, 1.165) is 10.3 Å². The number of benzene rings is 1. The van der Waals surface area contributed by atoms with Gasteiger partial charge in [-0.3, -0.25) is 10.1 Å². The number of hydrogen-bond donors (Lipinski definition) is 1. The molecule has 0 saturated carbocycles. The van der Waals surface area contributed by atoms with E-state index in [0.29, 0.717) is 5.39 Å². The van der Waals surface area contributed by atoms with Gasteiger partial charge in [-0.1, -0.05) is 0 Å². The molecule has 0 unspecified atom stereocenters. The van der Waals surface area contributed by atoms with Crippen molar-refractivity contribution < 1.29 is 10.0 Å². The Morgan fingerprint density at radius 1 is 1.50 bits per heavy atom. The second-order valence-electron chi connectivity index (χ2n) is 3.01. The number of nitro groups is 1. The fourth-order valence-corrected chi connectivity index (χ4v) is 2.39. The van der Waals surface area contributed by atoms with E-state index < -0.39 is 4.92 Å². The highest BCUT2D eigenvalue weighted by Gasteiger charge is 2.13. The molecule has 1 aromatic heterocycles. The fraction of sp³-hybridized carbons (Fsp3) is 0.111. The Bertz CT molecular complexity index is 518. The van der Waals surface area contributed by atoms with Gasteiger partial charge in [0.2, 0.25) is 0 Å². The number of nitrogens with zero attached hydrogens (tertiary/aromatic N) is 1. The van der Waals surface area contributed by atoms with Gasteiger partial charge in [-0.05, 0) is 17.9 Å². The minimum atomic E-state index is -0.506. The van der Waals surface area contributed by atoms with Gasteiger partial charge in [0.05, 0.1) is 11.0 Å². The molecule has 5 heteroatoms. The quantitative estimate of drug-likeness (QED) is 0.580. The molecule has 2 rings (SSSR count). The predicted molar refractivity (Wildman–Crippen MR) is 54.9 cm³/mol. The van der Waals surface area contributed by atoms with Crippen molar-refractivity contribution in [1.29, 1.82) is 0 Å². The highest BCUT2D eigenvalue weighted by atomic mass is 32.1. The lowest BCUT2D eigenvalue weighted by atomic mass is 10.1. The summed E-state index contributed by atoms with van der Waals surface area (Å²) >= 11 is 1.40. The lowest BCUT2D eigenvalue weighted by Gasteiger charge is -1.97. The molecule has 0 radical (unpaired) electrons. The third kappa shape index (κ3) is 1.22. The van der Waals surface area contributed by atoms with Crippen molar-refractivity contribution in [2.24, 2.45) is 0 Å². The number of rotatable bonds is 1. The molecular weight excluding hydrogens is 202 g/mol. The zero-order valence-electron chi connectivity index (χ0n) is 7.35. The lowest BCUT2D eigenvalue weighted by molar-refractivity contribution is -0.384. The van der Waals surface area contributed by atoms with Crippen LogP contribution in [0.2, 0.25) is 0 Å². The number of aromatic hydroxyl groups is 1. The third-order valence-corrected chi connectivity index (χ3v) is 3.08. The van der Waals surface area contributed by atoms with Gasteiger partial charge in [-0.2, -0.15) is 0 Å². The second-order valence-corrected chi connectivity index (χ2v) is 3.93. The van der Waals surface area contributed by atoms with E-state index in [1.165, 1.54) is 23.5 Å². The molecule has 0 bridgehead atoms. The average Bonchev–Trinajstić information content (AvgIpc) is 2.48. The highest BCUT2D eigenvalue weighted by Crippen LogP contribution is 2.36. The van der Waals surface area contributed by atoms with Gasteiger partial charge in [-0.15, -0.1) is 11.3 Å². The summed E-state index contributed by atoms with van der Waals surface area (Å²) in [5.41, 5.74) is 0.870. The van der Waals surface area contributed by atoms with Crippen molar-refractivity contribution >= 4 is 27.1 Å². The summed E-state index contributed by atoms with van der Waals surface area (Å²) in [5, 5.41) is 22.7. The van der Waals surface area contributed by atoms with E-state index in [1.54, 1.807) is 0 Å². The van der Waals surface area contributed by atoms with Crippen LogP contribution >= 0.6 is 11.3 Å². The largest absolute Gasteiger partial charge is 0.507 e. The summed E-state index contributed by atoms with van der Waals surface area (Å²) in [5.74, 6) is -0.0204. The van der Waals surface area contributed by atoms with Gasteiger partial charge in [0.25, 0.3) is 5.69 Å². The summed E-state index contributed by atoms with van der Waals surface area (Å²) in [6.07, 6.45) is 0. The molecule has 0 saturated heterocycles. The van der Waals surface area contributed by atoms with E-state index >= 15 is 0 Å². The third-order valence-electron chi connectivity index (χ3n) is 2.03. The number of phenols is 1. The molecule has 2 aromatic rings.